The number of hydrogen-bond acceptors (Lipinski definition) is 3. The van der Waals surface area contributed by atoms with Crippen molar-refractivity contribution in [1.29, 1.82) is 0 Å². The molecule has 0 aliphatic carbocycles. The Morgan fingerprint density at radius 2 is 2.00 bits per heavy atom. The minimum absolute atomic E-state index is 0.0460. The number of amides is 2. The summed E-state index contributed by atoms with van der Waals surface area (Å²) in [6, 6.07) is 6.89. The van der Waals surface area contributed by atoms with E-state index in [0.29, 0.717) is 11.6 Å². The largest absolute Gasteiger partial charge is 0.356 e. The number of nitrogens with one attached hydrogen (secondary N) is 2. The Balaban J connectivity index is 1.70. The van der Waals surface area contributed by atoms with Gasteiger partial charge < -0.3 is 15.5 Å². The number of unbranched alkanes of at least 4 members (excludes halogenated alkanes) is 1. The Kier molecular flexibility index (Phi) is 9.08. The minimum Gasteiger partial charge on any atom is -0.356 e. The van der Waals surface area contributed by atoms with Gasteiger partial charge in [0.15, 0.2) is 0 Å². The van der Waals surface area contributed by atoms with Crippen molar-refractivity contribution in [3.63, 3.8) is 0 Å². The molecule has 0 bridgehead atoms. The molecule has 0 spiro atoms. The minimum atomic E-state index is -0.338. The highest BCUT2D eigenvalue weighted by atomic mass is 35.5. The summed E-state index contributed by atoms with van der Waals surface area (Å²) in [6.07, 6.45) is 4.94. The zero-order valence-corrected chi connectivity index (χ0v) is 17.2. The van der Waals surface area contributed by atoms with Crippen LogP contribution in [-0.4, -0.2) is 42.9 Å². The molecule has 1 saturated heterocycles. The summed E-state index contributed by atoms with van der Waals surface area (Å²) in [7, 11) is 0. The van der Waals surface area contributed by atoms with Crippen molar-refractivity contribution in [3.05, 3.63) is 34.9 Å². The first-order chi connectivity index (χ1) is 12.9. The van der Waals surface area contributed by atoms with Crippen molar-refractivity contribution in [2.24, 2.45) is 5.92 Å². The van der Waals surface area contributed by atoms with E-state index in [2.05, 4.69) is 22.5 Å². The highest BCUT2D eigenvalue weighted by Crippen LogP contribution is 2.19. The first kappa shape index (κ1) is 21.7. The molecule has 2 N–H and O–H groups in total. The van der Waals surface area contributed by atoms with E-state index in [9.17, 15) is 9.59 Å². The molecule has 1 aliphatic rings. The molecule has 1 heterocycles. The van der Waals surface area contributed by atoms with Gasteiger partial charge in [-0.2, -0.15) is 0 Å². The van der Waals surface area contributed by atoms with E-state index < -0.39 is 0 Å². The van der Waals surface area contributed by atoms with Crippen LogP contribution in [0.2, 0.25) is 5.02 Å². The zero-order valence-electron chi connectivity index (χ0n) is 16.5. The maximum atomic E-state index is 12.3. The number of halogens is 1. The van der Waals surface area contributed by atoms with Crippen molar-refractivity contribution >= 4 is 23.4 Å². The van der Waals surface area contributed by atoms with Crippen LogP contribution in [0.1, 0.15) is 57.6 Å². The average Bonchev–Trinajstić information content (AvgIpc) is 2.61. The number of rotatable bonds is 9. The molecule has 2 rings (SSSR count). The maximum absolute atomic E-state index is 12.3. The fourth-order valence-corrected chi connectivity index (χ4v) is 3.75. The van der Waals surface area contributed by atoms with Crippen LogP contribution >= 0.6 is 11.6 Å². The molecule has 2 amide bonds. The second kappa shape index (κ2) is 11.3. The van der Waals surface area contributed by atoms with E-state index in [1.165, 1.54) is 32.9 Å². The van der Waals surface area contributed by atoms with Crippen LogP contribution in [-0.2, 0) is 9.59 Å². The molecule has 1 aliphatic heterocycles. The molecule has 5 nitrogen and oxygen atoms in total. The third-order valence-electron chi connectivity index (χ3n) is 5.00. The van der Waals surface area contributed by atoms with Crippen molar-refractivity contribution in [3.8, 4) is 0 Å². The van der Waals surface area contributed by atoms with Crippen molar-refractivity contribution in [2.75, 3.05) is 26.2 Å². The zero-order chi connectivity index (χ0) is 19.6. The van der Waals surface area contributed by atoms with Crippen LogP contribution in [0, 0.1) is 5.92 Å². The lowest BCUT2D eigenvalue weighted by atomic mass is 10.0. The second-order valence-electron chi connectivity index (χ2n) is 7.61. The smallest absolute Gasteiger partial charge is 0.222 e. The fraction of sp³-hybridized carbons (Fsp3) is 0.619. The molecule has 0 aromatic heterocycles. The standard InChI is InChI=1S/C21H32ClN3O2/c1-16-6-5-13-25(15-16)12-4-3-11-23-21(27)14-20(24-17(2)26)18-7-9-19(22)10-8-18/h7-10,16,20H,3-6,11-15H2,1-2H3,(H,23,27)(H,24,26). The Morgan fingerprint density at radius 1 is 1.26 bits per heavy atom. The molecule has 150 valence electrons. The Labute approximate surface area is 167 Å². The lowest BCUT2D eigenvalue weighted by molar-refractivity contribution is -0.122. The van der Waals surface area contributed by atoms with Gasteiger partial charge in [0.1, 0.15) is 0 Å². The van der Waals surface area contributed by atoms with Crippen molar-refractivity contribution < 1.29 is 9.59 Å². The first-order valence-electron chi connectivity index (χ1n) is 9.95. The van der Waals surface area contributed by atoms with Gasteiger partial charge in [0.2, 0.25) is 11.8 Å². The molecule has 1 fully saturated rings. The quantitative estimate of drug-likeness (QED) is 0.631. The molecule has 0 saturated carbocycles. The number of nitrogens with zero attached hydrogens (tertiary/aromatic N) is 1. The van der Waals surface area contributed by atoms with E-state index in [0.717, 1.165) is 30.9 Å². The van der Waals surface area contributed by atoms with Crippen LogP contribution in [0.25, 0.3) is 0 Å². The Morgan fingerprint density at radius 3 is 2.67 bits per heavy atom. The molecule has 1 aromatic carbocycles. The molecule has 0 radical (unpaired) electrons. The van der Waals surface area contributed by atoms with Gasteiger partial charge in [0, 0.05) is 25.0 Å². The molecular formula is C21H32ClN3O2. The summed E-state index contributed by atoms with van der Waals surface area (Å²) < 4.78 is 0. The van der Waals surface area contributed by atoms with Gasteiger partial charge in [-0.3, -0.25) is 9.59 Å². The number of likely N-dealkylation sites (tertiary alicyclic amines) is 1. The third-order valence-corrected chi connectivity index (χ3v) is 5.26. The number of hydrogen-bond donors (Lipinski definition) is 2. The first-order valence-corrected chi connectivity index (χ1v) is 10.3. The monoisotopic (exact) mass is 393 g/mol. The predicted octanol–water partition coefficient (Wildman–Crippen LogP) is 3.54. The second-order valence-corrected chi connectivity index (χ2v) is 8.05. The summed E-state index contributed by atoms with van der Waals surface area (Å²) in [4.78, 5) is 26.3. The van der Waals surface area contributed by atoms with Gasteiger partial charge in [-0.1, -0.05) is 30.7 Å². The number of benzene rings is 1. The maximum Gasteiger partial charge on any atom is 0.222 e. The number of piperidine rings is 1. The number of carbonyl (C=O) groups excluding carboxylic acids is 2. The van der Waals surface area contributed by atoms with Crippen LogP contribution in [0.15, 0.2) is 24.3 Å². The SMILES string of the molecule is CC(=O)NC(CC(=O)NCCCCN1CCCC(C)C1)c1ccc(Cl)cc1. The molecule has 2 atom stereocenters. The van der Waals surface area contributed by atoms with Gasteiger partial charge in [-0.05, 0) is 62.4 Å². The van der Waals surface area contributed by atoms with Gasteiger partial charge in [0.05, 0.1) is 12.5 Å². The lowest BCUT2D eigenvalue weighted by Gasteiger charge is -2.30. The van der Waals surface area contributed by atoms with Crippen LogP contribution in [0.3, 0.4) is 0 Å². The van der Waals surface area contributed by atoms with Gasteiger partial charge in [0.25, 0.3) is 0 Å². The summed E-state index contributed by atoms with van der Waals surface area (Å²) in [5.74, 6) is 0.603. The van der Waals surface area contributed by atoms with Crippen LogP contribution in [0.5, 0.6) is 0 Å². The molecule has 1 aromatic rings. The molecule has 2 unspecified atom stereocenters. The molecule has 27 heavy (non-hydrogen) atoms. The van der Waals surface area contributed by atoms with E-state index in [1.54, 1.807) is 12.1 Å². The molecular weight excluding hydrogens is 362 g/mol. The normalized spacial score (nSPS) is 18.7. The highest BCUT2D eigenvalue weighted by molar-refractivity contribution is 6.30. The molecule has 6 heteroatoms. The van der Waals surface area contributed by atoms with Crippen LogP contribution < -0.4 is 10.6 Å². The average molecular weight is 394 g/mol. The summed E-state index contributed by atoms with van der Waals surface area (Å²) in [6.45, 7) is 7.97. The summed E-state index contributed by atoms with van der Waals surface area (Å²) in [5.41, 5.74) is 0.879. The van der Waals surface area contributed by atoms with Gasteiger partial charge in [-0.15, -0.1) is 0 Å². The topological polar surface area (TPSA) is 61.4 Å². The predicted molar refractivity (Wildman–Crippen MR) is 110 cm³/mol. The van der Waals surface area contributed by atoms with Crippen LogP contribution in [0.4, 0.5) is 0 Å². The van der Waals surface area contributed by atoms with E-state index in [1.807, 2.05) is 12.1 Å². The Bertz CT molecular complexity index is 606. The highest BCUT2D eigenvalue weighted by Gasteiger charge is 2.17. The van der Waals surface area contributed by atoms with Crippen molar-refractivity contribution in [1.82, 2.24) is 15.5 Å². The van der Waals surface area contributed by atoms with Gasteiger partial charge >= 0.3 is 0 Å². The number of carbonyl (C=O) groups is 2. The summed E-state index contributed by atoms with van der Waals surface area (Å²) >= 11 is 5.92. The van der Waals surface area contributed by atoms with E-state index in [-0.39, 0.29) is 24.3 Å². The Hall–Kier alpha value is -1.59. The van der Waals surface area contributed by atoms with Gasteiger partial charge in [-0.25, -0.2) is 0 Å². The van der Waals surface area contributed by atoms with E-state index in [4.69, 9.17) is 11.6 Å². The van der Waals surface area contributed by atoms with E-state index >= 15 is 0 Å². The summed E-state index contributed by atoms with van der Waals surface area (Å²) in [5, 5.41) is 6.46. The third kappa shape index (κ3) is 8.31. The van der Waals surface area contributed by atoms with Crippen molar-refractivity contribution in [2.45, 2.75) is 52.0 Å². The fourth-order valence-electron chi connectivity index (χ4n) is 3.63. The lowest BCUT2D eigenvalue weighted by Crippen LogP contribution is -2.35.